The van der Waals surface area contributed by atoms with Crippen molar-refractivity contribution in [3.8, 4) is 0 Å². The van der Waals surface area contributed by atoms with Gasteiger partial charge >= 0.3 is 44.7 Å². The van der Waals surface area contributed by atoms with Crippen molar-refractivity contribution in [3.63, 3.8) is 0 Å². The van der Waals surface area contributed by atoms with Crippen LogP contribution in [0.1, 0.15) is 59.1 Å². The van der Waals surface area contributed by atoms with Gasteiger partial charge in [0.15, 0.2) is 0 Å². The van der Waals surface area contributed by atoms with Crippen molar-refractivity contribution >= 4 is 81.6 Å². The zero-order chi connectivity index (χ0) is 47.6. The molecule has 6 N–H and O–H groups in total. The first-order chi connectivity index (χ1) is 30.0. The normalized spacial score (nSPS) is 16.5. The van der Waals surface area contributed by atoms with Crippen molar-refractivity contribution in [3.05, 3.63) is 126 Å². The number of aliphatic hydroxyl groups excluding tert-OH is 1. The van der Waals surface area contributed by atoms with Crippen LogP contribution in [0.2, 0.25) is 20.1 Å². The largest absolute Gasteiger partial charge is 1.00 e. The molecule has 2 heterocycles. The van der Waals surface area contributed by atoms with E-state index in [1.807, 2.05) is 38.4 Å². The van der Waals surface area contributed by atoms with Gasteiger partial charge in [0.1, 0.15) is 0 Å². The number of rotatable bonds is 16. The monoisotopic (exact) mass is 1080 g/mol. The number of hydrogen-bond donors (Lipinski definition) is 5. The maximum atomic E-state index is 13.0. The van der Waals surface area contributed by atoms with E-state index in [0.29, 0.717) is 46.3 Å². The van der Waals surface area contributed by atoms with Crippen LogP contribution in [0.3, 0.4) is 0 Å². The summed E-state index contributed by atoms with van der Waals surface area (Å²) in [5.41, 5.74) is 5.55. The number of nitrogens with one attached hydrogen (secondary N) is 2. The van der Waals surface area contributed by atoms with Crippen LogP contribution < -0.4 is 39.0 Å². The van der Waals surface area contributed by atoms with Crippen LogP contribution in [-0.4, -0.2) is 120 Å². The molecule has 0 saturated heterocycles. The molecule has 4 aromatic carbocycles. The predicted molar refractivity (Wildman–Crippen MR) is 255 cm³/mol. The van der Waals surface area contributed by atoms with Crippen molar-refractivity contribution < 1.29 is 84.9 Å². The van der Waals surface area contributed by atoms with E-state index in [2.05, 4.69) is 19.2 Å². The second-order valence-electron chi connectivity index (χ2n) is 14.9. The standard InChI is InChI=1S/C22H29Cl2N2O5PS.C18H21Cl2N2O5PS.CH4O.Na.H2O/c1-4-30-32(27,31-5-2)10-9-25-33(28,29)18-8-6-7-16(11-18)20-14-26(3)15-21-19(20)12-17(23)13-22(21)24;1-22-10-16(15-8-13(19)9-18(20)17(15)11-22)12-3-2-4-14(7-12)29(26,27)21-5-6-28(23,24)25;1-2;;/h6-8,11-13,20,25H,4-5,9-10,14-15H2,1-3H3;2-4,7-9,16,21H,5-6,10-11H2,1H3,(H2,23,24,25);2H,1H3;;1H2/q;;;+1;/p-1. The Labute approximate surface area is 430 Å². The predicted octanol–water partition coefficient (Wildman–Crippen LogP) is 4.58. The van der Waals surface area contributed by atoms with Crippen molar-refractivity contribution in [1.82, 2.24) is 19.2 Å². The van der Waals surface area contributed by atoms with E-state index in [9.17, 15) is 26.0 Å². The van der Waals surface area contributed by atoms with Gasteiger partial charge in [0.05, 0.1) is 35.3 Å². The minimum absolute atomic E-state index is 0. The molecule has 2 aliphatic heterocycles. The average Bonchev–Trinajstić information content (AvgIpc) is 3.21. The Hall–Kier alpha value is -1.000. The molecule has 0 aliphatic carbocycles. The molecule has 2 atom stereocenters. The third-order valence-corrected chi connectivity index (χ3v) is 17.1. The van der Waals surface area contributed by atoms with Gasteiger partial charge < -0.3 is 39.2 Å². The van der Waals surface area contributed by atoms with E-state index in [4.69, 9.17) is 70.3 Å². The number of likely N-dealkylation sites (N-methyl/N-ethyl adjacent to an activating group) is 2. The molecule has 2 unspecified atom stereocenters. The first kappa shape index (κ1) is 61.1. The number of fused-ring (bicyclic) bond motifs is 2. The Kier molecular flexibility index (Phi) is 25.0. The molecule has 0 bridgehead atoms. The molecule has 4 aromatic rings. The molecular formula is C41H55Cl4N4NaO12P2S2. The zero-order valence-corrected chi connectivity index (χ0v) is 45.8. The van der Waals surface area contributed by atoms with Crippen molar-refractivity contribution in [2.75, 3.05) is 72.9 Å². The second kappa shape index (κ2) is 27.0. The van der Waals surface area contributed by atoms with Gasteiger partial charge in [-0.15, -0.1) is 0 Å². The third-order valence-electron chi connectivity index (χ3n) is 10.2. The van der Waals surface area contributed by atoms with Gasteiger partial charge in [-0.3, -0.25) is 9.13 Å². The Morgan fingerprint density at radius 2 is 1.05 bits per heavy atom. The molecule has 66 heavy (non-hydrogen) atoms. The van der Waals surface area contributed by atoms with E-state index < -0.39 is 41.4 Å². The SMILES string of the molecule is CCOP(=O)(CCNS(=O)(=O)c1cccc(C2CN(C)Cc3c(Cl)cc(Cl)cc32)c1)OCC.CN1Cc2c(Cl)cc(Cl)cc2C(c2cccc(S(=O)(=O)NCCP(=O)(O)O)c2)C1.CO.[Na+].[OH-]. The summed E-state index contributed by atoms with van der Waals surface area (Å²) in [6, 6.07) is 20.5. The third kappa shape index (κ3) is 17.1. The average molecular weight is 1090 g/mol. The molecule has 362 valence electrons. The minimum Gasteiger partial charge on any atom is -0.870 e. The van der Waals surface area contributed by atoms with Crippen molar-refractivity contribution in [1.29, 1.82) is 0 Å². The summed E-state index contributed by atoms with van der Waals surface area (Å²) in [5.74, 6) is -0.202. The molecule has 25 heteroatoms. The van der Waals surface area contributed by atoms with Crippen LogP contribution >= 0.6 is 61.6 Å². The summed E-state index contributed by atoms with van der Waals surface area (Å²) in [4.78, 5) is 22.2. The fraction of sp³-hybridized carbons (Fsp3) is 0.415. The van der Waals surface area contributed by atoms with E-state index in [1.165, 1.54) is 12.1 Å². The Morgan fingerprint density at radius 1 is 0.667 bits per heavy atom. The Morgan fingerprint density at radius 3 is 1.41 bits per heavy atom. The zero-order valence-electron chi connectivity index (χ0n) is 37.3. The van der Waals surface area contributed by atoms with Crippen LogP contribution in [0.4, 0.5) is 0 Å². The van der Waals surface area contributed by atoms with E-state index in [0.717, 1.165) is 40.5 Å². The first-order valence-corrected chi connectivity index (χ1v) is 27.9. The number of halogens is 4. The number of sulfonamides is 2. The van der Waals surface area contributed by atoms with Gasteiger partial charge in [0, 0.05) is 78.3 Å². The smallest absolute Gasteiger partial charge is 0.870 e. The van der Waals surface area contributed by atoms with Gasteiger partial charge in [0.2, 0.25) is 20.0 Å². The maximum Gasteiger partial charge on any atom is 1.00 e. The van der Waals surface area contributed by atoms with Crippen LogP contribution in [0.15, 0.2) is 82.6 Å². The van der Waals surface area contributed by atoms with Gasteiger partial charge in [-0.1, -0.05) is 70.7 Å². The van der Waals surface area contributed by atoms with Crippen molar-refractivity contribution in [2.45, 2.75) is 48.6 Å². The molecule has 0 spiro atoms. The summed E-state index contributed by atoms with van der Waals surface area (Å²) in [5, 5.41) is 9.25. The molecule has 0 aromatic heterocycles. The first-order valence-electron chi connectivity index (χ1n) is 19.9. The molecule has 0 radical (unpaired) electrons. The number of benzene rings is 4. The fourth-order valence-electron chi connectivity index (χ4n) is 7.43. The number of aliphatic hydroxyl groups is 1. The minimum atomic E-state index is -4.29. The van der Waals surface area contributed by atoms with Gasteiger partial charge in [-0.25, -0.2) is 26.3 Å². The summed E-state index contributed by atoms with van der Waals surface area (Å²) < 4.78 is 89.8. The molecule has 0 saturated carbocycles. The number of hydrogen-bond acceptors (Lipinski definition) is 12. The molecule has 16 nitrogen and oxygen atoms in total. The summed E-state index contributed by atoms with van der Waals surface area (Å²) >= 11 is 25.3. The molecule has 0 fully saturated rings. The number of nitrogens with zero attached hydrogens (tertiary/aromatic N) is 2. The summed E-state index contributed by atoms with van der Waals surface area (Å²) in [6.07, 6.45) is -0.616. The molecule has 2 aliphatic rings. The fourth-order valence-corrected chi connectivity index (χ4v) is 12.9. The Bertz CT molecular complexity index is 2570. The van der Waals surface area contributed by atoms with Crippen LogP contribution in [-0.2, 0) is 51.3 Å². The van der Waals surface area contributed by atoms with E-state index in [1.54, 1.807) is 50.2 Å². The van der Waals surface area contributed by atoms with Crippen molar-refractivity contribution in [2.24, 2.45) is 0 Å². The van der Waals surface area contributed by atoms with E-state index in [-0.39, 0.29) is 89.1 Å². The van der Waals surface area contributed by atoms with Crippen LogP contribution in [0.5, 0.6) is 0 Å². The summed E-state index contributed by atoms with van der Waals surface area (Å²) in [6.45, 7) is 6.18. The second-order valence-corrected chi connectivity index (χ2v) is 24.1. The Balaban J connectivity index is 0.000000427. The molecule has 6 rings (SSSR count). The molecule has 0 amide bonds. The quantitative estimate of drug-likeness (QED) is 0.0763. The summed E-state index contributed by atoms with van der Waals surface area (Å²) in [7, 11) is -10.4. The van der Waals surface area contributed by atoms with Crippen LogP contribution in [0, 0.1) is 0 Å². The van der Waals surface area contributed by atoms with Crippen LogP contribution in [0.25, 0.3) is 0 Å². The van der Waals surface area contributed by atoms with E-state index >= 15 is 0 Å². The maximum absolute atomic E-state index is 13.0. The van der Waals surface area contributed by atoms with Gasteiger partial charge in [-0.05, 0) is 110 Å². The van der Waals surface area contributed by atoms with Gasteiger partial charge in [-0.2, -0.15) is 0 Å². The molecular weight excluding hydrogens is 1030 g/mol. The topological polar surface area (TPSA) is 242 Å². The van der Waals surface area contributed by atoms with Gasteiger partial charge in [0.25, 0.3) is 0 Å².